The maximum absolute atomic E-state index is 13.2. The van der Waals surface area contributed by atoms with E-state index in [0.29, 0.717) is 10.3 Å². The highest BCUT2D eigenvalue weighted by molar-refractivity contribution is 7.71. The van der Waals surface area contributed by atoms with Crippen LogP contribution in [0.2, 0.25) is 0 Å². The Morgan fingerprint density at radius 1 is 1.50 bits per heavy atom. The number of aryl methyl sites for hydroxylation is 2. The zero-order valence-electron chi connectivity index (χ0n) is 9.12. The first kappa shape index (κ1) is 11.0. The summed E-state index contributed by atoms with van der Waals surface area (Å²) in [5.74, 6) is 0.632. The predicted octanol–water partition coefficient (Wildman–Crippen LogP) is 2.94. The first-order valence-electron chi connectivity index (χ1n) is 5.06. The number of halogens is 1. The lowest BCUT2D eigenvalue weighted by Crippen LogP contribution is -2.01. The summed E-state index contributed by atoms with van der Waals surface area (Å²) in [5.41, 5.74) is 1.44. The molecule has 1 aromatic carbocycles. The van der Waals surface area contributed by atoms with Gasteiger partial charge in [-0.3, -0.25) is 9.67 Å². The second kappa shape index (κ2) is 4.17. The van der Waals surface area contributed by atoms with Crippen molar-refractivity contribution in [1.29, 1.82) is 0 Å². The van der Waals surface area contributed by atoms with Gasteiger partial charge < -0.3 is 0 Å². The van der Waals surface area contributed by atoms with Crippen molar-refractivity contribution in [3.63, 3.8) is 0 Å². The first-order valence-corrected chi connectivity index (χ1v) is 5.47. The quantitative estimate of drug-likeness (QED) is 0.815. The second-order valence-electron chi connectivity index (χ2n) is 3.57. The van der Waals surface area contributed by atoms with Crippen LogP contribution in [0.5, 0.6) is 0 Å². The molecule has 1 aromatic heterocycles. The van der Waals surface area contributed by atoms with Gasteiger partial charge in [-0.25, -0.2) is 4.39 Å². The number of aromatic nitrogens is 3. The lowest BCUT2D eigenvalue weighted by atomic mass is 10.2. The van der Waals surface area contributed by atoms with E-state index in [1.165, 1.54) is 6.07 Å². The summed E-state index contributed by atoms with van der Waals surface area (Å²) < 4.78 is 15.5. The summed E-state index contributed by atoms with van der Waals surface area (Å²) in [6, 6.07) is 4.91. The number of rotatable bonds is 2. The Hall–Kier alpha value is -1.49. The monoisotopic (exact) mass is 237 g/mol. The van der Waals surface area contributed by atoms with Gasteiger partial charge >= 0.3 is 0 Å². The predicted molar refractivity (Wildman–Crippen MR) is 62.8 cm³/mol. The Balaban J connectivity index is 2.62. The maximum Gasteiger partial charge on any atom is 0.199 e. The van der Waals surface area contributed by atoms with Gasteiger partial charge in [-0.2, -0.15) is 5.10 Å². The molecule has 0 aliphatic heterocycles. The molecule has 5 heteroatoms. The fourth-order valence-corrected chi connectivity index (χ4v) is 1.86. The van der Waals surface area contributed by atoms with E-state index >= 15 is 0 Å². The van der Waals surface area contributed by atoms with Gasteiger partial charge in [0, 0.05) is 6.42 Å². The molecule has 84 valence electrons. The molecule has 1 heterocycles. The average Bonchev–Trinajstić information content (AvgIpc) is 2.64. The van der Waals surface area contributed by atoms with Crippen LogP contribution in [0.15, 0.2) is 18.2 Å². The van der Waals surface area contributed by atoms with Crippen LogP contribution in [0.3, 0.4) is 0 Å². The van der Waals surface area contributed by atoms with Crippen molar-refractivity contribution in [3.05, 3.63) is 40.2 Å². The standard InChI is InChI=1S/C11H12FN3S/c1-3-10-13-14-11(16)15(10)8-4-5-9(12)7(2)6-8/h4-6H,3H2,1-2H3,(H,14,16). The van der Waals surface area contributed by atoms with Crippen LogP contribution in [-0.4, -0.2) is 14.8 Å². The van der Waals surface area contributed by atoms with E-state index in [2.05, 4.69) is 10.2 Å². The number of hydrogen-bond donors (Lipinski definition) is 1. The average molecular weight is 237 g/mol. The summed E-state index contributed by atoms with van der Waals surface area (Å²) in [4.78, 5) is 0. The van der Waals surface area contributed by atoms with E-state index in [1.807, 2.05) is 11.5 Å². The Labute approximate surface area is 97.9 Å². The highest BCUT2D eigenvalue weighted by Crippen LogP contribution is 2.15. The molecule has 1 N–H and O–H groups in total. The smallest absolute Gasteiger partial charge is 0.199 e. The maximum atomic E-state index is 13.2. The molecule has 16 heavy (non-hydrogen) atoms. The van der Waals surface area contributed by atoms with Crippen molar-refractivity contribution >= 4 is 12.2 Å². The van der Waals surface area contributed by atoms with Crippen LogP contribution in [0.4, 0.5) is 4.39 Å². The van der Waals surface area contributed by atoms with Crippen LogP contribution in [0.25, 0.3) is 5.69 Å². The van der Waals surface area contributed by atoms with Crippen molar-refractivity contribution in [2.24, 2.45) is 0 Å². The molecule has 3 nitrogen and oxygen atoms in total. The minimum Gasteiger partial charge on any atom is -0.272 e. The molecule has 0 saturated carbocycles. The normalized spacial score (nSPS) is 10.7. The molecule has 0 unspecified atom stereocenters. The van der Waals surface area contributed by atoms with Crippen molar-refractivity contribution in [2.45, 2.75) is 20.3 Å². The van der Waals surface area contributed by atoms with Gasteiger partial charge in [-0.05, 0) is 42.9 Å². The largest absolute Gasteiger partial charge is 0.272 e. The van der Waals surface area contributed by atoms with Crippen LogP contribution in [0.1, 0.15) is 18.3 Å². The van der Waals surface area contributed by atoms with E-state index in [4.69, 9.17) is 12.2 Å². The van der Waals surface area contributed by atoms with Gasteiger partial charge in [-0.15, -0.1) is 0 Å². The molecule has 0 saturated heterocycles. The second-order valence-corrected chi connectivity index (χ2v) is 3.95. The number of aromatic amines is 1. The summed E-state index contributed by atoms with van der Waals surface area (Å²) in [5, 5.41) is 6.86. The molecule has 0 spiro atoms. The number of nitrogens with one attached hydrogen (secondary N) is 1. The van der Waals surface area contributed by atoms with Crippen LogP contribution < -0.4 is 0 Å². The van der Waals surface area contributed by atoms with Crippen LogP contribution in [-0.2, 0) is 6.42 Å². The lowest BCUT2D eigenvalue weighted by Gasteiger charge is -2.06. The molecule has 2 rings (SSSR count). The molecule has 0 aliphatic carbocycles. The van der Waals surface area contributed by atoms with E-state index in [0.717, 1.165) is 17.9 Å². The Kier molecular flexibility index (Phi) is 2.87. The zero-order chi connectivity index (χ0) is 11.7. The topological polar surface area (TPSA) is 33.6 Å². The minimum absolute atomic E-state index is 0.211. The van der Waals surface area contributed by atoms with Gasteiger partial charge in [0.2, 0.25) is 0 Å². The third kappa shape index (κ3) is 1.78. The van der Waals surface area contributed by atoms with Crippen molar-refractivity contribution < 1.29 is 4.39 Å². The Morgan fingerprint density at radius 2 is 2.25 bits per heavy atom. The van der Waals surface area contributed by atoms with Gasteiger partial charge in [0.15, 0.2) is 4.77 Å². The first-order chi connectivity index (χ1) is 7.63. The molecule has 0 atom stereocenters. The summed E-state index contributed by atoms with van der Waals surface area (Å²) in [7, 11) is 0. The SMILES string of the molecule is CCc1n[nH]c(=S)n1-c1ccc(F)c(C)c1. The third-order valence-corrected chi connectivity index (χ3v) is 2.73. The fraction of sp³-hybridized carbons (Fsp3) is 0.273. The van der Waals surface area contributed by atoms with Gasteiger partial charge in [0.1, 0.15) is 11.6 Å². The molecule has 2 aromatic rings. The Morgan fingerprint density at radius 3 is 2.88 bits per heavy atom. The summed E-state index contributed by atoms with van der Waals surface area (Å²) >= 11 is 5.15. The molecule has 0 fully saturated rings. The van der Waals surface area contributed by atoms with E-state index in [-0.39, 0.29) is 5.82 Å². The molecule has 0 amide bonds. The number of nitrogens with zero attached hydrogens (tertiary/aromatic N) is 2. The molecule has 0 bridgehead atoms. The summed E-state index contributed by atoms with van der Waals surface area (Å²) in [6.07, 6.45) is 0.767. The summed E-state index contributed by atoms with van der Waals surface area (Å²) in [6.45, 7) is 3.73. The van der Waals surface area contributed by atoms with Crippen molar-refractivity contribution in [1.82, 2.24) is 14.8 Å². The van der Waals surface area contributed by atoms with E-state index in [9.17, 15) is 4.39 Å². The Bertz CT molecular complexity index is 571. The van der Waals surface area contributed by atoms with Gasteiger partial charge in [0.25, 0.3) is 0 Å². The molecular formula is C11H12FN3S. The zero-order valence-corrected chi connectivity index (χ0v) is 9.94. The van der Waals surface area contributed by atoms with Crippen molar-refractivity contribution in [2.75, 3.05) is 0 Å². The number of H-pyrrole nitrogens is 1. The number of hydrogen-bond acceptors (Lipinski definition) is 2. The van der Waals surface area contributed by atoms with Gasteiger partial charge in [0.05, 0.1) is 5.69 Å². The molecule has 0 radical (unpaired) electrons. The fourth-order valence-electron chi connectivity index (χ4n) is 1.60. The van der Waals surface area contributed by atoms with Gasteiger partial charge in [-0.1, -0.05) is 6.92 Å². The van der Waals surface area contributed by atoms with Crippen LogP contribution in [0, 0.1) is 17.5 Å². The molecule has 0 aliphatic rings. The lowest BCUT2D eigenvalue weighted by molar-refractivity contribution is 0.618. The van der Waals surface area contributed by atoms with E-state index < -0.39 is 0 Å². The third-order valence-electron chi connectivity index (χ3n) is 2.46. The highest BCUT2D eigenvalue weighted by Gasteiger charge is 2.07. The minimum atomic E-state index is -0.211. The number of benzene rings is 1. The van der Waals surface area contributed by atoms with Crippen LogP contribution >= 0.6 is 12.2 Å². The van der Waals surface area contributed by atoms with Crippen molar-refractivity contribution in [3.8, 4) is 5.69 Å². The van der Waals surface area contributed by atoms with E-state index in [1.54, 1.807) is 19.1 Å². The highest BCUT2D eigenvalue weighted by atomic mass is 32.1. The molecular weight excluding hydrogens is 225 g/mol.